The monoisotopic (exact) mass is 371 g/mol. The van der Waals surface area contributed by atoms with Gasteiger partial charge in [-0.3, -0.25) is 4.98 Å². The van der Waals surface area contributed by atoms with E-state index in [9.17, 15) is 15.0 Å². The van der Waals surface area contributed by atoms with Crippen molar-refractivity contribution >= 4 is 16.9 Å². The Balaban J connectivity index is 1.92. The van der Waals surface area contributed by atoms with Crippen molar-refractivity contribution in [3.05, 3.63) is 102 Å². The Bertz CT molecular complexity index is 1090. The number of hydrogen-bond acceptors (Lipinski definition) is 4. The zero-order valence-corrected chi connectivity index (χ0v) is 14.8. The molecule has 0 saturated carbocycles. The molecule has 0 fully saturated rings. The molecular weight excluding hydrogens is 354 g/mol. The molecule has 2 N–H and O–H groups in total. The number of benzene rings is 3. The van der Waals surface area contributed by atoms with Crippen LogP contribution < -0.4 is 4.74 Å². The molecule has 0 spiro atoms. The Kier molecular flexibility index (Phi) is 4.64. The van der Waals surface area contributed by atoms with E-state index in [1.54, 1.807) is 18.3 Å². The smallest absolute Gasteiger partial charge is 0.339 e. The summed E-state index contributed by atoms with van der Waals surface area (Å²) in [6.07, 6.45) is 1.01. The fourth-order valence-corrected chi connectivity index (χ4v) is 3.18. The summed E-state index contributed by atoms with van der Waals surface area (Å²) in [4.78, 5) is 16.1. The fraction of sp³-hybridized carbons (Fsp3) is 0.0435. The average Bonchev–Trinajstić information content (AvgIpc) is 2.74. The summed E-state index contributed by atoms with van der Waals surface area (Å²) in [5.74, 6) is -1.22. The van der Waals surface area contributed by atoms with Crippen LogP contribution in [0.1, 0.15) is 27.6 Å². The number of phenolic OH excluding ortho intramolecular Hbond substituents is 1. The van der Waals surface area contributed by atoms with Crippen LogP contribution in [0.2, 0.25) is 0 Å². The minimum atomic E-state index is -1.20. The zero-order valence-electron chi connectivity index (χ0n) is 14.8. The van der Waals surface area contributed by atoms with E-state index in [1.807, 2.05) is 60.7 Å². The van der Waals surface area contributed by atoms with Gasteiger partial charge in [-0.2, -0.15) is 0 Å². The summed E-state index contributed by atoms with van der Waals surface area (Å²) in [7, 11) is 0. The van der Waals surface area contributed by atoms with E-state index in [2.05, 4.69) is 4.98 Å². The maximum Gasteiger partial charge on any atom is 0.339 e. The van der Waals surface area contributed by atoms with Gasteiger partial charge >= 0.3 is 5.97 Å². The number of aromatic hydroxyl groups is 1. The molecule has 5 nitrogen and oxygen atoms in total. The molecule has 0 bridgehead atoms. The van der Waals surface area contributed by atoms with Crippen molar-refractivity contribution in [1.82, 2.24) is 4.98 Å². The van der Waals surface area contributed by atoms with Crippen LogP contribution in [-0.2, 0) is 0 Å². The molecule has 4 aromatic rings. The minimum Gasteiger partial charge on any atom is -0.507 e. The lowest BCUT2D eigenvalue weighted by atomic mass is 10.0. The molecular formula is C23H17NO4. The maximum absolute atomic E-state index is 11.9. The lowest BCUT2D eigenvalue weighted by molar-refractivity contribution is 0.0690. The highest BCUT2D eigenvalue weighted by atomic mass is 16.5. The summed E-state index contributed by atoms with van der Waals surface area (Å²) in [6.45, 7) is 0. The maximum atomic E-state index is 11.9. The summed E-state index contributed by atoms with van der Waals surface area (Å²) in [5.41, 5.74) is 1.92. The van der Waals surface area contributed by atoms with Gasteiger partial charge in [-0.05, 0) is 29.3 Å². The quantitative estimate of drug-likeness (QED) is 0.526. The number of aromatic nitrogens is 1. The zero-order chi connectivity index (χ0) is 19.5. The second kappa shape index (κ2) is 7.40. The fourth-order valence-electron chi connectivity index (χ4n) is 3.18. The van der Waals surface area contributed by atoms with Crippen molar-refractivity contribution in [2.75, 3.05) is 0 Å². The lowest BCUT2D eigenvalue weighted by Crippen LogP contribution is -2.12. The molecule has 0 radical (unpaired) electrons. The normalized spacial score (nSPS) is 10.9. The molecule has 0 aliphatic carbocycles. The molecule has 5 heteroatoms. The predicted molar refractivity (Wildman–Crippen MR) is 106 cm³/mol. The third-order valence-electron chi connectivity index (χ3n) is 4.50. The van der Waals surface area contributed by atoms with Gasteiger partial charge in [0.05, 0.1) is 0 Å². The van der Waals surface area contributed by atoms with E-state index in [1.165, 1.54) is 6.07 Å². The number of hydrogen-bond donors (Lipinski definition) is 2. The SMILES string of the molecule is O=C(O)c1cc(O)c2cccnc2c1OC(c1ccccc1)c1ccccc1. The lowest BCUT2D eigenvalue weighted by Gasteiger charge is -2.22. The number of ether oxygens (including phenoxy) is 1. The van der Waals surface area contributed by atoms with Crippen molar-refractivity contribution in [3.8, 4) is 11.5 Å². The molecule has 0 unspecified atom stereocenters. The Labute approximate surface area is 161 Å². The Morgan fingerprint density at radius 3 is 2.07 bits per heavy atom. The van der Waals surface area contributed by atoms with Gasteiger partial charge in [0.1, 0.15) is 22.9 Å². The van der Waals surface area contributed by atoms with Crippen LogP contribution in [0.25, 0.3) is 10.9 Å². The van der Waals surface area contributed by atoms with E-state index in [-0.39, 0.29) is 17.1 Å². The van der Waals surface area contributed by atoms with Gasteiger partial charge in [-0.1, -0.05) is 60.7 Å². The number of nitrogens with zero attached hydrogens (tertiary/aromatic N) is 1. The van der Waals surface area contributed by atoms with Crippen molar-refractivity contribution in [1.29, 1.82) is 0 Å². The van der Waals surface area contributed by atoms with Gasteiger partial charge < -0.3 is 14.9 Å². The summed E-state index contributed by atoms with van der Waals surface area (Å²) >= 11 is 0. The van der Waals surface area contributed by atoms with Gasteiger partial charge in [0.2, 0.25) is 0 Å². The number of aromatic carboxylic acids is 1. The molecule has 1 aromatic heterocycles. The standard InChI is InChI=1S/C23H17NO4/c25-19-14-18(23(26)27)22(20-17(19)12-7-13-24-20)28-21(15-8-3-1-4-9-15)16-10-5-2-6-11-16/h1-14,21,25H,(H,26,27). The second-order valence-corrected chi connectivity index (χ2v) is 6.30. The molecule has 0 aliphatic rings. The van der Waals surface area contributed by atoms with E-state index in [4.69, 9.17) is 4.74 Å². The third kappa shape index (κ3) is 3.25. The second-order valence-electron chi connectivity index (χ2n) is 6.30. The number of pyridine rings is 1. The first-order valence-corrected chi connectivity index (χ1v) is 8.75. The number of carboxylic acid groups (broad SMARTS) is 1. The van der Waals surface area contributed by atoms with Gasteiger partial charge in [-0.15, -0.1) is 0 Å². The molecule has 138 valence electrons. The van der Waals surface area contributed by atoms with E-state index < -0.39 is 12.1 Å². The Morgan fingerprint density at radius 1 is 0.893 bits per heavy atom. The van der Waals surface area contributed by atoms with Crippen molar-refractivity contribution in [3.63, 3.8) is 0 Å². The third-order valence-corrected chi connectivity index (χ3v) is 4.50. The summed E-state index contributed by atoms with van der Waals surface area (Å²) < 4.78 is 6.29. The van der Waals surface area contributed by atoms with Crippen LogP contribution in [0, 0.1) is 0 Å². The van der Waals surface area contributed by atoms with Crippen LogP contribution in [0.3, 0.4) is 0 Å². The van der Waals surface area contributed by atoms with E-state index >= 15 is 0 Å². The van der Waals surface area contributed by atoms with Crippen LogP contribution in [0.15, 0.2) is 85.1 Å². The van der Waals surface area contributed by atoms with Gasteiger partial charge in [0.25, 0.3) is 0 Å². The molecule has 28 heavy (non-hydrogen) atoms. The van der Waals surface area contributed by atoms with Crippen molar-refractivity contribution in [2.45, 2.75) is 6.10 Å². The van der Waals surface area contributed by atoms with Crippen molar-refractivity contribution < 1.29 is 19.7 Å². The first-order valence-electron chi connectivity index (χ1n) is 8.75. The molecule has 0 atom stereocenters. The number of carbonyl (C=O) groups is 1. The molecule has 0 saturated heterocycles. The van der Waals surface area contributed by atoms with Crippen LogP contribution in [-0.4, -0.2) is 21.2 Å². The minimum absolute atomic E-state index is 0.124. The molecule has 4 rings (SSSR count). The van der Waals surface area contributed by atoms with Gasteiger partial charge in [0.15, 0.2) is 5.75 Å². The average molecular weight is 371 g/mol. The number of fused-ring (bicyclic) bond motifs is 1. The van der Waals surface area contributed by atoms with Crippen molar-refractivity contribution in [2.24, 2.45) is 0 Å². The van der Waals surface area contributed by atoms with E-state index in [0.29, 0.717) is 10.9 Å². The number of rotatable bonds is 5. The molecule has 0 amide bonds. The van der Waals surface area contributed by atoms with E-state index in [0.717, 1.165) is 11.1 Å². The molecule has 0 aliphatic heterocycles. The summed E-state index contributed by atoms with van der Waals surface area (Å²) in [6, 6.07) is 23.7. The van der Waals surface area contributed by atoms with Gasteiger partial charge in [0, 0.05) is 11.6 Å². The predicted octanol–water partition coefficient (Wildman–Crippen LogP) is 4.81. The van der Waals surface area contributed by atoms with Crippen LogP contribution >= 0.6 is 0 Å². The highest BCUT2D eigenvalue weighted by Crippen LogP contribution is 2.38. The first kappa shape index (κ1) is 17.5. The largest absolute Gasteiger partial charge is 0.507 e. The van der Waals surface area contributed by atoms with Crippen LogP contribution in [0.4, 0.5) is 0 Å². The topological polar surface area (TPSA) is 79.7 Å². The highest BCUT2D eigenvalue weighted by molar-refractivity contribution is 6.01. The first-order chi connectivity index (χ1) is 13.6. The molecule has 3 aromatic carbocycles. The highest BCUT2D eigenvalue weighted by Gasteiger charge is 2.24. The number of carboxylic acids is 1. The van der Waals surface area contributed by atoms with Gasteiger partial charge in [-0.25, -0.2) is 4.79 Å². The number of phenols is 1. The Morgan fingerprint density at radius 2 is 1.50 bits per heavy atom. The Hall–Kier alpha value is -3.86. The molecule has 1 heterocycles. The van der Waals surface area contributed by atoms with Crippen LogP contribution in [0.5, 0.6) is 11.5 Å². The summed E-state index contributed by atoms with van der Waals surface area (Å²) in [5, 5.41) is 20.4.